The summed E-state index contributed by atoms with van der Waals surface area (Å²) < 4.78 is 0. The minimum Gasteiger partial charge on any atom is -1.00 e. The number of carbonyl (C=O) groups excluding carboxylic acids is 1. The zero-order valence-electron chi connectivity index (χ0n) is 13.0. The highest BCUT2D eigenvalue weighted by Gasteiger charge is 2.50. The minimum absolute atomic E-state index is 0. The smallest absolute Gasteiger partial charge is 0.275 e. The van der Waals surface area contributed by atoms with Crippen LogP contribution in [-0.4, -0.2) is 32.1 Å². The van der Waals surface area contributed by atoms with Gasteiger partial charge < -0.3 is 22.6 Å². The van der Waals surface area contributed by atoms with Gasteiger partial charge >= 0.3 is 0 Å². The highest BCUT2D eigenvalue weighted by atomic mass is 35.5. The molecule has 0 radical (unpaired) electrons. The van der Waals surface area contributed by atoms with Crippen molar-refractivity contribution in [3.05, 3.63) is 0 Å². The number of amides is 1. The van der Waals surface area contributed by atoms with Gasteiger partial charge in [-0.3, -0.25) is 4.79 Å². The average molecular weight is 313 g/mol. The molecule has 2 N–H and O–H groups in total. The molecule has 0 spiro atoms. The second-order valence-corrected chi connectivity index (χ2v) is 8.33. The lowest BCUT2D eigenvalue weighted by molar-refractivity contribution is -0.879. The summed E-state index contributed by atoms with van der Waals surface area (Å²) in [5, 5.41) is 3.31. The first-order valence-electron chi connectivity index (χ1n) is 8.81. The Labute approximate surface area is 134 Å². The summed E-state index contributed by atoms with van der Waals surface area (Å²) in [5.41, 5.74) is 0.491. The summed E-state index contributed by atoms with van der Waals surface area (Å²) in [6.07, 6.45) is 11.3. The number of hydrogen-bond acceptors (Lipinski definition) is 1. The van der Waals surface area contributed by atoms with E-state index in [2.05, 4.69) is 5.32 Å². The van der Waals surface area contributed by atoms with E-state index < -0.39 is 0 Å². The molecule has 4 bridgehead atoms. The summed E-state index contributed by atoms with van der Waals surface area (Å²) in [6.45, 7) is 4.09. The van der Waals surface area contributed by atoms with Crippen molar-refractivity contribution in [3.63, 3.8) is 0 Å². The van der Waals surface area contributed by atoms with Gasteiger partial charge in [-0.25, -0.2) is 0 Å². The molecule has 0 aromatic heterocycles. The van der Waals surface area contributed by atoms with E-state index in [1.54, 1.807) is 0 Å². The number of hydrogen-bond donors (Lipinski definition) is 2. The number of nitrogens with one attached hydrogen (secondary N) is 2. The van der Waals surface area contributed by atoms with Crippen molar-refractivity contribution < 1.29 is 22.1 Å². The molecule has 4 saturated carbocycles. The second-order valence-electron chi connectivity index (χ2n) is 8.33. The van der Waals surface area contributed by atoms with Crippen LogP contribution in [0.15, 0.2) is 0 Å². The summed E-state index contributed by atoms with van der Waals surface area (Å²) in [6, 6.07) is 0. The van der Waals surface area contributed by atoms with E-state index in [9.17, 15) is 4.79 Å². The van der Waals surface area contributed by atoms with Crippen LogP contribution in [0.25, 0.3) is 0 Å². The van der Waals surface area contributed by atoms with Gasteiger partial charge in [0, 0.05) is 19.4 Å². The number of halogens is 1. The Morgan fingerprint density at radius 2 is 1.52 bits per heavy atom. The van der Waals surface area contributed by atoms with Gasteiger partial charge in [-0.1, -0.05) is 0 Å². The quantitative estimate of drug-likeness (QED) is 0.619. The molecular formula is C17H29ClN2O. The molecule has 1 aliphatic heterocycles. The zero-order valence-corrected chi connectivity index (χ0v) is 13.8. The van der Waals surface area contributed by atoms with Crippen LogP contribution in [0, 0.1) is 23.2 Å². The van der Waals surface area contributed by atoms with Gasteiger partial charge in [0.1, 0.15) is 0 Å². The van der Waals surface area contributed by atoms with Gasteiger partial charge in [0.2, 0.25) is 0 Å². The predicted molar refractivity (Wildman–Crippen MR) is 78.4 cm³/mol. The fourth-order valence-electron chi connectivity index (χ4n) is 6.13. The molecule has 1 amide bonds. The third kappa shape index (κ3) is 3.24. The Balaban J connectivity index is 0.00000132. The van der Waals surface area contributed by atoms with Crippen molar-refractivity contribution in [2.75, 3.05) is 26.2 Å². The molecule has 120 valence electrons. The molecule has 1 saturated heterocycles. The first kappa shape index (κ1) is 15.6. The number of likely N-dealkylation sites (tertiary alicyclic amines) is 1. The van der Waals surface area contributed by atoms with Crippen LogP contribution < -0.4 is 22.6 Å². The van der Waals surface area contributed by atoms with Crippen molar-refractivity contribution in [1.82, 2.24) is 5.32 Å². The second kappa shape index (κ2) is 6.08. The molecule has 3 nitrogen and oxygen atoms in total. The van der Waals surface area contributed by atoms with Crippen LogP contribution in [0.2, 0.25) is 0 Å². The maximum absolute atomic E-state index is 12.2. The Morgan fingerprint density at radius 1 is 1.00 bits per heavy atom. The molecule has 5 rings (SSSR count). The highest BCUT2D eigenvalue weighted by Crippen LogP contribution is 2.59. The Morgan fingerprint density at radius 3 is 2.05 bits per heavy atom. The van der Waals surface area contributed by atoms with E-state index in [1.165, 1.54) is 69.4 Å². The lowest BCUT2D eigenvalue weighted by atomic mass is 9.49. The Kier molecular flexibility index (Phi) is 4.52. The molecular weight excluding hydrogens is 284 g/mol. The molecule has 0 aromatic carbocycles. The van der Waals surface area contributed by atoms with Crippen molar-refractivity contribution in [1.29, 1.82) is 0 Å². The largest absolute Gasteiger partial charge is 1.00 e. The van der Waals surface area contributed by atoms with Crippen molar-refractivity contribution in [2.24, 2.45) is 23.2 Å². The molecule has 0 unspecified atom stereocenters. The first-order chi connectivity index (χ1) is 9.71. The molecule has 0 aromatic rings. The first-order valence-corrected chi connectivity index (χ1v) is 8.81. The third-order valence-electron chi connectivity index (χ3n) is 6.55. The summed E-state index contributed by atoms with van der Waals surface area (Å²) in [5.74, 6) is 3.27. The highest BCUT2D eigenvalue weighted by molar-refractivity contribution is 5.76. The van der Waals surface area contributed by atoms with Gasteiger partial charge in [0.15, 0.2) is 6.54 Å². The zero-order chi connectivity index (χ0) is 13.6. The lowest BCUT2D eigenvalue weighted by Crippen LogP contribution is -3.11. The average Bonchev–Trinajstić information content (AvgIpc) is 2.88. The molecule has 0 atom stereocenters. The molecule has 4 aliphatic carbocycles. The van der Waals surface area contributed by atoms with Gasteiger partial charge in [-0.15, -0.1) is 0 Å². The fraction of sp³-hybridized carbons (Fsp3) is 0.941. The number of carbonyl (C=O) groups is 1. The normalized spacial score (nSPS) is 41.0. The SMILES string of the molecule is O=C(C[NH+]1CCCC1)NCC12CC3CC(CC(C3)C1)C2.[Cl-]. The Hall–Kier alpha value is -0.280. The Bertz CT molecular complexity index is 357. The summed E-state index contributed by atoms with van der Waals surface area (Å²) in [7, 11) is 0. The van der Waals surface area contributed by atoms with Crippen molar-refractivity contribution in [3.8, 4) is 0 Å². The van der Waals surface area contributed by atoms with E-state index in [0.29, 0.717) is 17.9 Å². The predicted octanol–water partition coefficient (Wildman–Crippen LogP) is -2.00. The minimum atomic E-state index is 0. The maximum Gasteiger partial charge on any atom is 0.275 e. The van der Waals surface area contributed by atoms with Crippen molar-refractivity contribution in [2.45, 2.75) is 51.4 Å². The van der Waals surface area contributed by atoms with Gasteiger partial charge in [0.05, 0.1) is 13.1 Å². The molecule has 21 heavy (non-hydrogen) atoms. The third-order valence-corrected chi connectivity index (χ3v) is 6.55. The molecule has 4 heteroatoms. The van der Waals surface area contributed by atoms with E-state index in [1.807, 2.05) is 0 Å². The molecule has 5 fully saturated rings. The van der Waals surface area contributed by atoms with E-state index in [-0.39, 0.29) is 12.4 Å². The van der Waals surface area contributed by atoms with Gasteiger partial charge in [0.25, 0.3) is 5.91 Å². The van der Waals surface area contributed by atoms with Crippen LogP contribution in [0.4, 0.5) is 0 Å². The van der Waals surface area contributed by atoms with Crippen LogP contribution in [-0.2, 0) is 4.79 Å². The lowest BCUT2D eigenvalue weighted by Gasteiger charge is -2.56. The summed E-state index contributed by atoms with van der Waals surface area (Å²) >= 11 is 0. The number of rotatable bonds is 4. The molecule has 5 aliphatic rings. The van der Waals surface area contributed by atoms with Crippen LogP contribution in [0.1, 0.15) is 51.4 Å². The van der Waals surface area contributed by atoms with Crippen LogP contribution in [0.5, 0.6) is 0 Å². The van der Waals surface area contributed by atoms with Crippen molar-refractivity contribution >= 4 is 5.91 Å². The standard InChI is InChI=1S/C17H28N2O.ClH/c20-16(11-19-3-1-2-4-19)18-12-17-8-13-5-14(9-17)7-15(6-13)10-17;/h13-15H,1-12H2,(H,18,20);1H. The van der Waals surface area contributed by atoms with Crippen LogP contribution >= 0.6 is 0 Å². The topological polar surface area (TPSA) is 33.5 Å². The monoisotopic (exact) mass is 312 g/mol. The van der Waals surface area contributed by atoms with Crippen LogP contribution in [0.3, 0.4) is 0 Å². The van der Waals surface area contributed by atoms with E-state index >= 15 is 0 Å². The van der Waals surface area contributed by atoms with E-state index in [0.717, 1.165) is 24.3 Å². The summed E-state index contributed by atoms with van der Waals surface area (Å²) in [4.78, 5) is 13.7. The molecule has 1 heterocycles. The van der Waals surface area contributed by atoms with Gasteiger partial charge in [-0.2, -0.15) is 0 Å². The van der Waals surface area contributed by atoms with E-state index in [4.69, 9.17) is 0 Å². The number of quaternary nitrogens is 1. The fourth-order valence-corrected chi connectivity index (χ4v) is 6.13. The maximum atomic E-state index is 12.2. The van der Waals surface area contributed by atoms with Gasteiger partial charge in [-0.05, 0) is 61.7 Å².